The predicted octanol–water partition coefficient (Wildman–Crippen LogP) is 4.85. The lowest BCUT2D eigenvalue weighted by Gasteiger charge is -2.19. The zero-order chi connectivity index (χ0) is 26.8. The van der Waals surface area contributed by atoms with Gasteiger partial charge in [-0.2, -0.15) is 0 Å². The van der Waals surface area contributed by atoms with Crippen LogP contribution >= 0.6 is 0 Å². The first-order valence-corrected chi connectivity index (χ1v) is 11.9. The van der Waals surface area contributed by atoms with Gasteiger partial charge in [0.15, 0.2) is 0 Å². The van der Waals surface area contributed by atoms with Gasteiger partial charge in [0, 0.05) is 11.3 Å². The maximum Gasteiger partial charge on any atom is 0.263 e. The number of aromatic nitrogens is 3. The van der Waals surface area contributed by atoms with Crippen LogP contribution in [0.5, 0.6) is 5.75 Å². The van der Waals surface area contributed by atoms with Crippen molar-refractivity contribution in [2.45, 2.75) is 13.5 Å². The number of ether oxygens (including phenoxy) is 1. The number of nitrogens with two attached hydrogens (primary N) is 1. The minimum absolute atomic E-state index is 0.0265. The standard InChI is InChI=1S/C29H25FN6O2/c1-17-7-5-8-18-14-21(36(29(37)24(17)18)22-11-3-4-12-23(22)38-2)15-33-28-25(27(32)34-16-35-28)26(31)19-9-6-10-20(30)13-19/h3-14,16,31H,15H2,1-2H3,(H3,32,33,34,35). The van der Waals surface area contributed by atoms with E-state index in [9.17, 15) is 9.18 Å². The van der Waals surface area contributed by atoms with E-state index in [0.717, 1.165) is 10.9 Å². The van der Waals surface area contributed by atoms with E-state index >= 15 is 0 Å². The summed E-state index contributed by atoms with van der Waals surface area (Å²) in [5.74, 6) is 0.441. The number of para-hydroxylation sites is 2. The summed E-state index contributed by atoms with van der Waals surface area (Å²) < 4.78 is 21.0. The van der Waals surface area contributed by atoms with Gasteiger partial charge in [-0.1, -0.05) is 42.5 Å². The molecule has 5 aromatic rings. The number of nitrogens with one attached hydrogen (secondary N) is 2. The number of rotatable bonds is 7. The fourth-order valence-electron chi connectivity index (χ4n) is 4.54. The molecule has 2 aromatic heterocycles. The molecule has 0 atom stereocenters. The van der Waals surface area contributed by atoms with Gasteiger partial charge in [-0.25, -0.2) is 14.4 Å². The van der Waals surface area contributed by atoms with Gasteiger partial charge in [0.25, 0.3) is 5.56 Å². The molecule has 0 fully saturated rings. The lowest BCUT2D eigenvalue weighted by Crippen LogP contribution is -2.25. The summed E-state index contributed by atoms with van der Waals surface area (Å²) in [6.45, 7) is 2.07. The molecule has 0 saturated carbocycles. The third-order valence-electron chi connectivity index (χ3n) is 6.33. The summed E-state index contributed by atoms with van der Waals surface area (Å²) in [6.07, 6.45) is 1.29. The van der Waals surface area contributed by atoms with E-state index in [2.05, 4.69) is 15.3 Å². The molecular formula is C29H25FN6O2. The number of hydrogen-bond donors (Lipinski definition) is 3. The van der Waals surface area contributed by atoms with Crippen LogP contribution in [0.2, 0.25) is 0 Å². The van der Waals surface area contributed by atoms with Crippen molar-refractivity contribution in [2.24, 2.45) is 0 Å². The van der Waals surface area contributed by atoms with E-state index in [1.807, 2.05) is 49.4 Å². The van der Waals surface area contributed by atoms with E-state index in [1.165, 1.54) is 24.5 Å². The maximum atomic E-state index is 13.9. The molecule has 0 spiro atoms. The number of benzene rings is 3. The molecule has 2 heterocycles. The van der Waals surface area contributed by atoms with Crippen LogP contribution in [-0.4, -0.2) is 27.4 Å². The average molecular weight is 509 g/mol. The second-order valence-corrected chi connectivity index (χ2v) is 8.71. The lowest BCUT2D eigenvalue weighted by atomic mass is 10.0. The van der Waals surface area contributed by atoms with Gasteiger partial charge in [-0.3, -0.25) is 14.8 Å². The number of halogens is 1. The molecule has 0 aliphatic rings. The fourth-order valence-corrected chi connectivity index (χ4v) is 4.54. The van der Waals surface area contributed by atoms with Crippen molar-refractivity contribution in [3.63, 3.8) is 0 Å². The molecule has 0 amide bonds. The Balaban J connectivity index is 1.63. The van der Waals surface area contributed by atoms with Crippen molar-refractivity contribution in [1.29, 1.82) is 5.41 Å². The topological polar surface area (TPSA) is 119 Å². The molecule has 5 rings (SSSR count). The van der Waals surface area contributed by atoms with Crippen LogP contribution in [-0.2, 0) is 6.54 Å². The smallest absolute Gasteiger partial charge is 0.263 e. The van der Waals surface area contributed by atoms with Gasteiger partial charge in [0.05, 0.1) is 36.0 Å². The molecule has 38 heavy (non-hydrogen) atoms. The van der Waals surface area contributed by atoms with Gasteiger partial charge in [-0.15, -0.1) is 0 Å². The first-order valence-electron chi connectivity index (χ1n) is 11.9. The number of pyridine rings is 1. The van der Waals surface area contributed by atoms with Gasteiger partial charge >= 0.3 is 0 Å². The molecule has 0 radical (unpaired) electrons. The first-order chi connectivity index (χ1) is 18.4. The van der Waals surface area contributed by atoms with Gasteiger partial charge in [-0.05, 0) is 48.2 Å². The fraction of sp³-hybridized carbons (Fsp3) is 0.103. The van der Waals surface area contributed by atoms with Crippen molar-refractivity contribution in [1.82, 2.24) is 14.5 Å². The van der Waals surface area contributed by atoms with Crippen LogP contribution in [0.4, 0.5) is 16.0 Å². The largest absolute Gasteiger partial charge is 0.495 e. The van der Waals surface area contributed by atoms with E-state index in [4.69, 9.17) is 15.9 Å². The lowest BCUT2D eigenvalue weighted by molar-refractivity contribution is 0.412. The van der Waals surface area contributed by atoms with Crippen molar-refractivity contribution in [3.8, 4) is 11.4 Å². The second-order valence-electron chi connectivity index (χ2n) is 8.71. The molecule has 190 valence electrons. The summed E-state index contributed by atoms with van der Waals surface area (Å²) in [6, 6.07) is 20.6. The summed E-state index contributed by atoms with van der Waals surface area (Å²) in [5.41, 5.74) is 8.60. The summed E-state index contributed by atoms with van der Waals surface area (Å²) >= 11 is 0. The summed E-state index contributed by atoms with van der Waals surface area (Å²) in [5, 5.41) is 13.3. The Labute approximate surface area is 218 Å². The van der Waals surface area contributed by atoms with E-state index in [-0.39, 0.29) is 35.0 Å². The molecule has 0 bridgehead atoms. The normalized spacial score (nSPS) is 10.9. The third-order valence-corrected chi connectivity index (χ3v) is 6.33. The number of fused-ring (bicyclic) bond motifs is 1. The van der Waals surface area contributed by atoms with Crippen LogP contribution in [0.3, 0.4) is 0 Å². The van der Waals surface area contributed by atoms with Crippen LogP contribution < -0.4 is 21.3 Å². The molecule has 4 N–H and O–H groups in total. The van der Waals surface area contributed by atoms with Crippen LogP contribution in [0, 0.1) is 18.2 Å². The monoisotopic (exact) mass is 508 g/mol. The Morgan fingerprint density at radius 1 is 1.08 bits per heavy atom. The second kappa shape index (κ2) is 10.1. The van der Waals surface area contributed by atoms with E-state index in [0.29, 0.717) is 28.1 Å². The number of nitrogens with zero attached hydrogens (tertiary/aromatic N) is 3. The number of aryl methyl sites for hydroxylation is 1. The van der Waals surface area contributed by atoms with Crippen LogP contribution in [0.25, 0.3) is 16.5 Å². The Bertz CT molecular complexity index is 1750. The molecule has 9 heteroatoms. The van der Waals surface area contributed by atoms with Crippen molar-refractivity contribution in [3.05, 3.63) is 118 Å². The summed E-state index contributed by atoms with van der Waals surface area (Å²) in [7, 11) is 1.56. The Morgan fingerprint density at radius 3 is 2.66 bits per heavy atom. The highest BCUT2D eigenvalue weighted by molar-refractivity contribution is 6.16. The van der Waals surface area contributed by atoms with Crippen molar-refractivity contribution < 1.29 is 9.13 Å². The number of methoxy groups -OCH3 is 1. The molecule has 8 nitrogen and oxygen atoms in total. The zero-order valence-corrected chi connectivity index (χ0v) is 20.8. The molecule has 0 saturated heterocycles. The molecule has 0 unspecified atom stereocenters. The van der Waals surface area contributed by atoms with Gasteiger partial charge < -0.3 is 15.8 Å². The molecule has 0 aliphatic carbocycles. The van der Waals surface area contributed by atoms with E-state index < -0.39 is 5.82 Å². The molecule has 3 aromatic carbocycles. The molecule has 0 aliphatic heterocycles. The first kappa shape index (κ1) is 24.6. The predicted molar refractivity (Wildman–Crippen MR) is 147 cm³/mol. The maximum absolute atomic E-state index is 13.9. The summed E-state index contributed by atoms with van der Waals surface area (Å²) in [4.78, 5) is 22.2. The average Bonchev–Trinajstić information content (AvgIpc) is 2.91. The van der Waals surface area contributed by atoms with Crippen LogP contribution in [0.15, 0.2) is 83.9 Å². The highest BCUT2D eigenvalue weighted by atomic mass is 19.1. The minimum atomic E-state index is -0.468. The Hall–Kier alpha value is -5.05. The Kier molecular flexibility index (Phi) is 6.57. The molecular weight excluding hydrogens is 483 g/mol. The highest BCUT2D eigenvalue weighted by Gasteiger charge is 2.19. The number of hydrogen-bond acceptors (Lipinski definition) is 7. The zero-order valence-electron chi connectivity index (χ0n) is 20.8. The van der Waals surface area contributed by atoms with Gasteiger partial charge in [0.1, 0.15) is 29.5 Å². The van der Waals surface area contributed by atoms with Crippen LogP contribution in [0.1, 0.15) is 22.4 Å². The SMILES string of the molecule is COc1ccccc1-n1c(CNc2ncnc(N)c2C(=N)c2cccc(F)c2)cc2cccc(C)c2c1=O. The highest BCUT2D eigenvalue weighted by Crippen LogP contribution is 2.27. The minimum Gasteiger partial charge on any atom is -0.495 e. The Morgan fingerprint density at radius 2 is 1.87 bits per heavy atom. The third kappa shape index (κ3) is 4.45. The quantitative estimate of drug-likeness (QED) is 0.271. The van der Waals surface area contributed by atoms with Gasteiger partial charge in [0.2, 0.25) is 0 Å². The van der Waals surface area contributed by atoms with E-state index in [1.54, 1.807) is 23.8 Å². The van der Waals surface area contributed by atoms with Crippen molar-refractivity contribution in [2.75, 3.05) is 18.2 Å². The number of nitrogen functional groups attached to an aromatic ring is 1. The van der Waals surface area contributed by atoms with Crippen molar-refractivity contribution >= 4 is 28.1 Å². The number of anilines is 2.